The number of nitrogens with one attached hydrogen (secondary N) is 1. The van der Waals surface area contributed by atoms with E-state index in [0.717, 1.165) is 34.0 Å². The van der Waals surface area contributed by atoms with Crippen molar-refractivity contribution in [3.8, 4) is 22.8 Å². The van der Waals surface area contributed by atoms with Crippen molar-refractivity contribution in [2.45, 2.75) is 37.9 Å². The third-order valence-electron chi connectivity index (χ3n) is 6.52. The molecule has 1 heterocycles. The number of thioether (sulfide) groups is 1. The monoisotopic (exact) mass is 575 g/mol. The normalized spacial score (nSPS) is 11.5. The Morgan fingerprint density at radius 2 is 1.55 bits per heavy atom. The number of rotatable bonds is 10. The number of hydrogen-bond donors (Lipinski definition) is 1. The van der Waals surface area contributed by atoms with Gasteiger partial charge in [0.05, 0.1) is 12.0 Å². The first kappa shape index (κ1) is 28.8. The summed E-state index contributed by atoms with van der Waals surface area (Å²) in [5.74, 6) is 1.39. The molecule has 0 atom stereocenters. The summed E-state index contributed by atoms with van der Waals surface area (Å²) in [4.78, 5) is 12.6. The zero-order valence-electron chi connectivity index (χ0n) is 23.9. The second kappa shape index (κ2) is 13.3. The highest BCUT2D eigenvalue weighted by Gasteiger charge is 2.19. The lowest BCUT2D eigenvalue weighted by Gasteiger charge is -2.19. The Morgan fingerprint density at radius 1 is 0.881 bits per heavy atom. The molecular weight excluding hydrogens is 542 g/mol. The van der Waals surface area contributed by atoms with Gasteiger partial charge in [-0.15, -0.1) is 10.2 Å². The number of aromatic nitrogens is 3. The van der Waals surface area contributed by atoms with Crippen LogP contribution in [-0.4, -0.2) is 32.6 Å². The van der Waals surface area contributed by atoms with Crippen molar-refractivity contribution in [3.63, 3.8) is 0 Å². The highest BCUT2D eigenvalue weighted by atomic mass is 32.2. The Bertz CT molecular complexity index is 1630. The van der Waals surface area contributed by atoms with E-state index in [1.54, 1.807) is 6.21 Å². The van der Waals surface area contributed by atoms with Gasteiger partial charge in [0.2, 0.25) is 0 Å². The molecule has 8 heteroatoms. The summed E-state index contributed by atoms with van der Waals surface area (Å²) >= 11 is 1.31. The van der Waals surface area contributed by atoms with E-state index in [1.807, 2.05) is 89.5 Å². The molecule has 1 N–H and O–H groups in total. The number of amides is 1. The van der Waals surface area contributed by atoms with Crippen molar-refractivity contribution in [1.82, 2.24) is 20.2 Å². The zero-order chi connectivity index (χ0) is 29.4. The lowest BCUT2D eigenvalue weighted by atomic mass is 9.87. The summed E-state index contributed by atoms with van der Waals surface area (Å²) in [5, 5.41) is 13.7. The number of hydrogen-bond acceptors (Lipinski definition) is 6. The molecule has 5 aromatic rings. The third kappa shape index (κ3) is 7.53. The number of ether oxygens (including phenoxy) is 1. The molecule has 212 valence electrons. The van der Waals surface area contributed by atoms with Gasteiger partial charge in [0, 0.05) is 11.3 Å². The molecule has 4 aromatic carbocycles. The van der Waals surface area contributed by atoms with Crippen molar-refractivity contribution in [2.24, 2.45) is 5.10 Å². The van der Waals surface area contributed by atoms with E-state index in [1.165, 1.54) is 17.3 Å². The number of carbonyl (C=O) groups is 1. The maximum absolute atomic E-state index is 12.6. The van der Waals surface area contributed by atoms with Crippen molar-refractivity contribution in [3.05, 3.63) is 126 Å². The van der Waals surface area contributed by atoms with Crippen LogP contribution in [0.15, 0.2) is 119 Å². The number of hydrazone groups is 1. The minimum Gasteiger partial charge on any atom is -0.489 e. The van der Waals surface area contributed by atoms with Crippen LogP contribution >= 0.6 is 11.8 Å². The van der Waals surface area contributed by atoms with Gasteiger partial charge in [-0.25, -0.2) is 5.43 Å². The van der Waals surface area contributed by atoms with Crippen LogP contribution in [0.2, 0.25) is 0 Å². The number of carbonyl (C=O) groups excluding carboxylic acids is 1. The maximum atomic E-state index is 12.6. The molecule has 7 nitrogen and oxygen atoms in total. The van der Waals surface area contributed by atoms with Crippen LogP contribution in [0.4, 0.5) is 0 Å². The van der Waals surface area contributed by atoms with E-state index < -0.39 is 0 Å². The van der Waals surface area contributed by atoms with Gasteiger partial charge >= 0.3 is 0 Å². The van der Waals surface area contributed by atoms with Crippen molar-refractivity contribution in [1.29, 1.82) is 0 Å². The lowest BCUT2D eigenvalue weighted by Crippen LogP contribution is -2.20. The number of nitrogens with zero attached hydrogens (tertiary/aromatic N) is 4. The first-order chi connectivity index (χ1) is 20.4. The van der Waals surface area contributed by atoms with Crippen LogP contribution in [0, 0.1) is 0 Å². The second-order valence-electron chi connectivity index (χ2n) is 10.7. The molecule has 0 aliphatic carbocycles. The average Bonchev–Trinajstić information content (AvgIpc) is 3.44. The smallest absolute Gasteiger partial charge is 0.250 e. The van der Waals surface area contributed by atoms with Crippen molar-refractivity contribution < 1.29 is 9.53 Å². The van der Waals surface area contributed by atoms with Gasteiger partial charge in [-0.2, -0.15) is 5.10 Å². The predicted molar refractivity (Wildman–Crippen MR) is 169 cm³/mol. The fourth-order valence-electron chi connectivity index (χ4n) is 4.21. The van der Waals surface area contributed by atoms with E-state index in [4.69, 9.17) is 4.74 Å². The van der Waals surface area contributed by atoms with Gasteiger partial charge in [0.1, 0.15) is 12.4 Å². The standard InChI is InChI=1S/C34H33N5O2S/c1-34(2,3)28-18-16-27(17-19-28)32-37-38-33(39(32)29-12-8-5-9-13-29)42-24-31(40)36-35-22-25-14-20-30(21-15-25)41-23-26-10-6-4-7-11-26/h4-22H,23-24H2,1-3H3,(H,36,40). The van der Waals surface area contributed by atoms with Gasteiger partial charge in [-0.05, 0) is 58.5 Å². The molecule has 0 saturated heterocycles. The van der Waals surface area contributed by atoms with E-state index in [0.29, 0.717) is 11.8 Å². The molecule has 42 heavy (non-hydrogen) atoms. The molecule has 0 fully saturated rings. The van der Waals surface area contributed by atoms with Crippen molar-refractivity contribution >= 4 is 23.9 Å². The van der Waals surface area contributed by atoms with E-state index in [9.17, 15) is 4.79 Å². The minimum atomic E-state index is -0.238. The summed E-state index contributed by atoms with van der Waals surface area (Å²) in [6, 6.07) is 35.9. The SMILES string of the molecule is CC(C)(C)c1ccc(-c2nnc(SCC(=O)NN=Cc3ccc(OCc4ccccc4)cc3)n2-c2ccccc2)cc1. The lowest BCUT2D eigenvalue weighted by molar-refractivity contribution is -0.118. The molecule has 0 bridgehead atoms. The molecule has 0 aliphatic heterocycles. The maximum Gasteiger partial charge on any atom is 0.250 e. The highest BCUT2D eigenvalue weighted by Crippen LogP contribution is 2.30. The van der Waals surface area contributed by atoms with E-state index >= 15 is 0 Å². The second-order valence-corrected chi connectivity index (χ2v) is 11.7. The minimum absolute atomic E-state index is 0.0584. The number of para-hydroxylation sites is 1. The topological polar surface area (TPSA) is 81.4 Å². The molecule has 0 aliphatic rings. The molecule has 1 amide bonds. The van der Waals surface area contributed by atoms with E-state index in [-0.39, 0.29) is 17.1 Å². The Kier molecular flexibility index (Phi) is 9.14. The molecule has 0 radical (unpaired) electrons. The van der Waals surface area contributed by atoms with Gasteiger partial charge in [-0.1, -0.05) is 105 Å². The molecular formula is C34H33N5O2S. The summed E-state index contributed by atoms with van der Waals surface area (Å²) in [6.45, 7) is 7.08. The molecule has 0 spiro atoms. The molecule has 0 saturated carbocycles. The van der Waals surface area contributed by atoms with Gasteiger partial charge in [0.15, 0.2) is 11.0 Å². The Hall–Kier alpha value is -4.69. The summed E-state index contributed by atoms with van der Waals surface area (Å²) in [6.07, 6.45) is 1.61. The highest BCUT2D eigenvalue weighted by molar-refractivity contribution is 7.99. The third-order valence-corrected chi connectivity index (χ3v) is 7.45. The fourth-order valence-corrected chi connectivity index (χ4v) is 4.96. The first-order valence-corrected chi connectivity index (χ1v) is 14.7. The quantitative estimate of drug-likeness (QED) is 0.110. The van der Waals surface area contributed by atoms with Crippen molar-refractivity contribution in [2.75, 3.05) is 5.75 Å². The Morgan fingerprint density at radius 3 is 2.21 bits per heavy atom. The predicted octanol–water partition coefficient (Wildman–Crippen LogP) is 7.05. The van der Waals surface area contributed by atoms with E-state index in [2.05, 4.69) is 65.8 Å². The molecule has 1 aromatic heterocycles. The average molecular weight is 576 g/mol. The van der Waals surface area contributed by atoms with Gasteiger partial charge in [-0.3, -0.25) is 9.36 Å². The summed E-state index contributed by atoms with van der Waals surface area (Å²) in [7, 11) is 0. The number of benzene rings is 4. The van der Waals surface area contributed by atoms with Crippen LogP contribution in [0.1, 0.15) is 37.5 Å². The molecule has 0 unspecified atom stereocenters. The van der Waals surface area contributed by atoms with Crippen LogP contribution in [0.5, 0.6) is 5.75 Å². The van der Waals surface area contributed by atoms with Crippen LogP contribution in [-0.2, 0) is 16.8 Å². The van der Waals surface area contributed by atoms with Gasteiger partial charge in [0.25, 0.3) is 5.91 Å². The molecule has 5 rings (SSSR count). The largest absolute Gasteiger partial charge is 0.489 e. The fraction of sp³-hybridized carbons (Fsp3) is 0.176. The van der Waals surface area contributed by atoms with Crippen LogP contribution < -0.4 is 10.2 Å². The Labute approximate surface area is 250 Å². The van der Waals surface area contributed by atoms with Gasteiger partial charge < -0.3 is 4.74 Å². The summed E-state index contributed by atoms with van der Waals surface area (Å²) in [5.41, 5.74) is 7.74. The zero-order valence-corrected chi connectivity index (χ0v) is 24.7. The summed E-state index contributed by atoms with van der Waals surface area (Å²) < 4.78 is 7.80. The Balaban J connectivity index is 1.20. The van der Waals surface area contributed by atoms with Crippen LogP contribution in [0.3, 0.4) is 0 Å². The first-order valence-electron chi connectivity index (χ1n) is 13.7. The van der Waals surface area contributed by atoms with Crippen LogP contribution in [0.25, 0.3) is 17.1 Å².